The van der Waals surface area contributed by atoms with Gasteiger partial charge in [-0.05, 0) is 47.2 Å². The van der Waals surface area contributed by atoms with Crippen LogP contribution in [0.1, 0.15) is 25.7 Å². The molecular weight excluding hydrogens is 334 g/mol. The zero-order chi connectivity index (χ0) is 13.9. The maximum absolute atomic E-state index is 4.52. The second-order valence-corrected chi connectivity index (χ2v) is 7.18. The molecule has 3 rings (SSSR count). The van der Waals surface area contributed by atoms with Crippen molar-refractivity contribution in [2.75, 3.05) is 11.6 Å². The largest absolute Gasteiger partial charge is 0.379 e. The number of anilines is 1. The summed E-state index contributed by atoms with van der Waals surface area (Å²) in [7, 11) is 0. The highest BCUT2D eigenvalue weighted by Crippen LogP contribution is 2.31. The van der Waals surface area contributed by atoms with Gasteiger partial charge in [0.15, 0.2) is 0 Å². The van der Waals surface area contributed by atoms with Crippen molar-refractivity contribution in [1.82, 2.24) is 9.97 Å². The van der Waals surface area contributed by atoms with Gasteiger partial charge in [0, 0.05) is 28.2 Å². The fourth-order valence-electron chi connectivity index (χ4n) is 2.87. The lowest BCUT2D eigenvalue weighted by Gasteiger charge is -2.31. The summed E-state index contributed by atoms with van der Waals surface area (Å²) in [6, 6.07) is 4.59. The van der Waals surface area contributed by atoms with Gasteiger partial charge in [-0.15, -0.1) is 0 Å². The predicted molar refractivity (Wildman–Crippen MR) is 90.4 cm³/mol. The van der Waals surface area contributed by atoms with Crippen molar-refractivity contribution in [3.63, 3.8) is 0 Å². The molecule has 1 aliphatic rings. The third-order valence-corrected chi connectivity index (χ3v) is 5.49. The summed E-state index contributed by atoms with van der Waals surface area (Å²) in [5.74, 6) is 0. The van der Waals surface area contributed by atoms with Gasteiger partial charge in [-0.1, -0.05) is 12.8 Å². The summed E-state index contributed by atoms with van der Waals surface area (Å²) in [6.45, 7) is 0. The van der Waals surface area contributed by atoms with Crippen LogP contribution < -0.4 is 5.32 Å². The molecule has 20 heavy (non-hydrogen) atoms. The van der Waals surface area contributed by atoms with Gasteiger partial charge >= 0.3 is 0 Å². The molecule has 5 heteroatoms. The Hall–Kier alpha value is -0.810. The van der Waals surface area contributed by atoms with Crippen molar-refractivity contribution in [1.29, 1.82) is 0 Å². The van der Waals surface area contributed by atoms with Gasteiger partial charge in [-0.3, -0.25) is 9.97 Å². The normalized spacial score (nSPS) is 22.9. The molecule has 1 fully saturated rings. The highest BCUT2D eigenvalue weighted by Gasteiger charge is 2.24. The first-order valence-corrected chi connectivity index (χ1v) is 9.05. The number of aromatic nitrogens is 2. The molecule has 1 N–H and O–H groups in total. The molecule has 0 radical (unpaired) electrons. The Labute approximate surface area is 132 Å². The van der Waals surface area contributed by atoms with Crippen molar-refractivity contribution in [2.24, 2.45) is 0 Å². The number of hydrogen-bond donors (Lipinski definition) is 1. The molecule has 2 atom stereocenters. The van der Waals surface area contributed by atoms with Gasteiger partial charge in [-0.25, -0.2) is 0 Å². The van der Waals surface area contributed by atoms with Crippen LogP contribution in [0.3, 0.4) is 0 Å². The van der Waals surface area contributed by atoms with Crippen molar-refractivity contribution >= 4 is 44.4 Å². The lowest BCUT2D eigenvalue weighted by molar-refractivity contribution is 0.475. The van der Waals surface area contributed by atoms with Crippen molar-refractivity contribution in [3.8, 4) is 0 Å². The van der Waals surface area contributed by atoms with Crippen LogP contribution in [-0.4, -0.2) is 27.5 Å². The van der Waals surface area contributed by atoms with E-state index in [2.05, 4.69) is 37.5 Å². The molecule has 0 saturated heterocycles. The number of nitrogens with zero attached hydrogens (tertiary/aromatic N) is 2. The summed E-state index contributed by atoms with van der Waals surface area (Å²) in [6.07, 6.45) is 11.1. The van der Waals surface area contributed by atoms with Crippen LogP contribution in [-0.2, 0) is 0 Å². The molecule has 0 bridgehead atoms. The van der Waals surface area contributed by atoms with Crippen LogP contribution in [0.2, 0.25) is 0 Å². The molecule has 2 aromatic rings. The average molecular weight is 352 g/mol. The highest BCUT2D eigenvalue weighted by molar-refractivity contribution is 9.10. The fraction of sp³-hybridized carbons (Fsp3) is 0.467. The Morgan fingerprint density at radius 1 is 1.30 bits per heavy atom. The summed E-state index contributed by atoms with van der Waals surface area (Å²) in [5, 5.41) is 4.40. The van der Waals surface area contributed by atoms with Gasteiger partial charge in [0.1, 0.15) is 5.52 Å². The topological polar surface area (TPSA) is 37.8 Å². The van der Waals surface area contributed by atoms with E-state index in [9.17, 15) is 0 Å². The number of halogens is 1. The predicted octanol–water partition coefficient (Wildman–Crippen LogP) is 4.48. The van der Waals surface area contributed by atoms with E-state index in [4.69, 9.17) is 0 Å². The van der Waals surface area contributed by atoms with Crippen LogP contribution in [0, 0.1) is 0 Å². The Morgan fingerprint density at radius 3 is 3.00 bits per heavy atom. The molecule has 2 aromatic heterocycles. The molecule has 0 aliphatic heterocycles. The second-order valence-electron chi connectivity index (χ2n) is 5.19. The minimum Gasteiger partial charge on any atom is -0.379 e. The summed E-state index contributed by atoms with van der Waals surface area (Å²) in [5.41, 5.74) is 3.00. The molecular formula is C15H18BrN3S. The number of thioether (sulfide) groups is 1. The number of pyridine rings is 2. The molecule has 1 aliphatic carbocycles. The van der Waals surface area contributed by atoms with Crippen LogP contribution in [0.15, 0.2) is 29.0 Å². The molecule has 2 unspecified atom stereocenters. The van der Waals surface area contributed by atoms with Gasteiger partial charge in [0.25, 0.3) is 0 Å². The summed E-state index contributed by atoms with van der Waals surface area (Å²) >= 11 is 5.42. The summed E-state index contributed by atoms with van der Waals surface area (Å²) in [4.78, 5) is 8.92. The molecule has 0 amide bonds. The van der Waals surface area contributed by atoms with Crippen molar-refractivity contribution in [2.45, 2.75) is 37.0 Å². The summed E-state index contributed by atoms with van der Waals surface area (Å²) < 4.78 is 0.967. The van der Waals surface area contributed by atoms with Gasteiger partial charge in [-0.2, -0.15) is 11.8 Å². The lowest BCUT2D eigenvalue weighted by atomic mass is 9.94. The van der Waals surface area contributed by atoms with E-state index in [0.717, 1.165) is 21.2 Å². The molecule has 3 nitrogen and oxygen atoms in total. The highest BCUT2D eigenvalue weighted by atomic mass is 79.9. The van der Waals surface area contributed by atoms with E-state index in [1.807, 2.05) is 36.3 Å². The van der Waals surface area contributed by atoms with E-state index in [1.54, 1.807) is 0 Å². The van der Waals surface area contributed by atoms with Gasteiger partial charge < -0.3 is 5.32 Å². The van der Waals surface area contributed by atoms with Crippen LogP contribution >= 0.6 is 27.7 Å². The van der Waals surface area contributed by atoms with E-state index in [0.29, 0.717) is 11.3 Å². The molecule has 0 spiro atoms. The van der Waals surface area contributed by atoms with E-state index in [1.165, 1.54) is 25.7 Å². The third-order valence-electron chi connectivity index (χ3n) is 3.89. The van der Waals surface area contributed by atoms with Crippen LogP contribution in [0.25, 0.3) is 11.0 Å². The quantitative estimate of drug-likeness (QED) is 0.884. The second kappa shape index (κ2) is 6.31. The standard InChI is InChI=1S/C15H18BrN3S/c1-20-14-5-3-2-4-11(14)19-12-6-7-17-13-8-10(16)9-18-15(12)13/h6-9,11,14H,2-5H2,1H3,(H,17,19). The third kappa shape index (κ3) is 2.93. The number of fused-ring (bicyclic) bond motifs is 1. The number of rotatable bonds is 3. The molecule has 0 aromatic carbocycles. The lowest BCUT2D eigenvalue weighted by Crippen LogP contribution is -2.34. The Balaban J connectivity index is 1.90. The fourth-order valence-corrected chi connectivity index (χ4v) is 4.12. The van der Waals surface area contributed by atoms with Crippen LogP contribution in [0.4, 0.5) is 5.69 Å². The Morgan fingerprint density at radius 2 is 2.15 bits per heavy atom. The minimum absolute atomic E-state index is 0.537. The first-order valence-electron chi connectivity index (χ1n) is 6.97. The SMILES string of the molecule is CSC1CCCCC1Nc1ccnc2cc(Br)cnc12. The number of hydrogen-bond acceptors (Lipinski definition) is 4. The van der Waals surface area contributed by atoms with Gasteiger partial charge in [0.2, 0.25) is 0 Å². The average Bonchev–Trinajstić information content (AvgIpc) is 2.47. The Kier molecular flexibility index (Phi) is 4.46. The van der Waals surface area contributed by atoms with Crippen molar-refractivity contribution in [3.05, 3.63) is 29.0 Å². The zero-order valence-electron chi connectivity index (χ0n) is 11.5. The smallest absolute Gasteiger partial charge is 0.112 e. The first kappa shape index (κ1) is 14.1. The van der Waals surface area contributed by atoms with E-state index >= 15 is 0 Å². The Bertz CT molecular complexity index is 605. The number of nitrogens with one attached hydrogen (secondary N) is 1. The molecule has 1 saturated carbocycles. The van der Waals surface area contributed by atoms with Crippen molar-refractivity contribution < 1.29 is 0 Å². The van der Waals surface area contributed by atoms with Gasteiger partial charge in [0.05, 0.1) is 11.2 Å². The maximum Gasteiger partial charge on any atom is 0.112 e. The monoisotopic (exact) mass is 351 g/mol. The maximum atomic E-state index is 4.52. The molecule has 2 heterocycles. The van der Waals surface area contributed by atoms with Crippen LogP contribution in [0.5, 0.6) is 0 Å². The minimum atomic E-state index is 0.537. The van der Waals surface area contributed by atoms with E-state index in [-0.39, 0.29) is 0 Å². The first-order chi connectivity index (χ1) is 9.78. The zero-order valence-corrected chi connectivity index (χ0v) is 13.9. The van der Waals surface area contributed by atoms with E-state index < -0.39 is 0 Å². The molecule has 106 valence electrons.